The molecular weight excluding hydrogens is 382 g/mol. The topological polar surface area (TPSA) is 72.7 Å². The van der Waals surface area contributed by atoms with E-state index >= 15 is 0 Å². The molecule has 2 aromatic heterocycles. The number of halogens is 1. The van der Waals surface area contributed by atoms with Crippen molar-refractivity contribution < 1.29 is 4.79 Å². The Morgan fingerprint density at radius 3 is 2.67 bits per heavy atom. The maximum atomic E-state index is 12.9. The van der Waals surface area contributed by atoms with Crippen molar-refractivity contribution in [3.8, 4) is 10.6 Å². The fourth-order valence-electron chi connectivity index (χ4n) is 2.83. The monoisotopic (exact) mass is 401 g/mol. The number of carbonyl (C=O) groups excluding carboxylic acids is 1. The van der Waals surface area contributed by atoms with Crippen LogP contribution in [0.15, 0.2) is 30.3 Å². The molecule has 1 saturated carbocycles. The van der Waals surface area contributed by atoms with Crippen LogP contribution < -0.4 is 5.32 Å². The van der Waals surface area contributed by atoms with Crippen LogP contribution in [0, 0.1) is 0 Å². The molecule has 1 amide bonds. The van der Waals surface area contributed by atoms with Crippen LogP contribution in [0.4, 0.5) is 5.13 Å². The van der Waals surface area contributed by atoms with E-state index in [1.54, 1.807) is 10.7 Å². The summed E-state index contributed by atoms with van der Waals surface area (Å²) < 4.78 is 1.80. The van der Waals surface area contributed by atoms with Gasteiger partial charge in [0.1, 0.15) is 5.69 Å². The number of carbonyl (C=O) groups is 1. The third kappa shape index (κ3) is 3.75. The lowest BCUT2D eigenvalue weighted by molar-refractivity contribution is 0.100. The predicted molar refractivity (Wildman–Crippen MR) is 108 cm³/mol. The quantitative estimate of drug-likeness (QED) is 0.672. The lowest BCUT2D eigenvalue weighted by Crippen LogP contribution is -2.29. The second-order valence-electron chi connectivity index (χ2n) is 7.66. The minimum Gasteiger partial charge on any atom is -0.295 e. The number of nitrogens with one attached hydrogen (secondary N) is 1. The summed E-state index contributed by atoms with van der Waals surface area (Å²) in [6, 6.07) is 9.33. The van der Waals surface area contributed by atoms with Gasteiger partial charge in [0.05, 0.1) is 16.3 Å². The van der Waals surface area contributed by atoms with Crippen LogP contribution in [0.2, 0.25) is 5.02 Å². The van der Waals surface area contributed by atoms with Crippen LogP contribution in [-0.4, -0.2) is 25.9 Å². The average molecular weight is 402 g/mol. The van der Waals surface area contributed by atoms with E-state index in [-0.39, 0.29) is 11.4 Å². The molecule has 1 aliphatic carbocycles. The Balaban J connectivity index is 1.59. The van der Waals surface area contributed by atoms with Crippen LogP contribution in [0.5, 0.6) is 0 Å². The van der Waals surface area contributed by atoms with Gasteiger partial charge in [-0.15, -0.1) is 10.2 Å². The van der Waals surface area contributed by atoms with Gasteiger partial charge in [0, 0.05) is 11.5 Å². The molecule has 1 aliphatic rings. The van der Waals surface area contributed by atoms with Gasteiger partial charge in [0.25, 0.3) is 5.91 Å². The van der Waals surface area contributed by atoms with Gasteiger partial charge in [-0.3, -0.25) is 14.8 Å². The summed E-state index contributed by atoms with van der Waals surface area (Å²) >= 11 is 7.51. The minimum absolute atomic E-state index is 0.230. The molecule has 4 rings (SSSR count). The fraction of sp³-hybridized carbons (Fsp3) is 0.368. The summed E-state index contributed by atoms with van der Waals surface area (Å²) in [4.78, 5) is 12.9. The summed E-state index contributed by atoms with van der Waals surface area (Å²) in [5.41, 5.74) is 2.04. The summed E-state index contributed by atoms with van der Waals surface area (Å²) in [6.45, 7) is 6.11. The Kier molecular flexibility index (Phi) is 4.52. The highest BCUT2D eigenvalue weighted by Gasteiger charge is 2.31. The zero-order valence-corrected chi connectivity index (χ0v) is 16.9. The first kappa shape index (κ1) is 18.1. The Bertz CT molecular complexity index is 1000. The first-order valence-electron chi connectivity index (χ1n) is 8.83. The molecule has 1 N–H and O–H groups in total. The first-order chi connectivity index (χ1) is 12.8. The van der Waals surface area contributed by atoms with E-state index in [0.29, 0.717) is 26.8 Å². The maximum Gasteiger partial charge on any atom is 0.275 e. The van der Waals surface area contributed by atoms with Gasteiger partial charge in [0.2, 0.25) is 5.13 Å². The molecule has 0 atom stereocenters. The van der Waals surface area contributed by atoms with Crippen LogP contribution in [-0.2, 0) is 5.54 Å². The number of amides is 1. The van der Waals surface area contributed by atoms with Crippen molar-refractivity contribution in [2.45, 2.75) is 45.1 Å². The molecule has 2 heterocycles. The maximum absolute atomic E-state index is 12.9. The van der Waals surface area contributed by atoms with E-state index in [1.165, 1.54) is 11.3 Å². The molecule has 8 heteroatoms. The van der Waals surface area contributed by atoms with Crippen LogP contribution in [0.25, 0.3) is 10.6 Å². The Morgan fingerprint density at radius 2 is 2.00 bits per heavy atom. The van der Waals surface area contributed by atoms with Crippen molar-refractivity contribution in [1.29, 1.82) is 0 Å². The number of benzene rings is 1. The fourth-order valence-corrected chi connectivity index (χ4v) is 3.89. The van der Waals surface area contributed by atoms with Crippen molar-refractivity contribution in [3.05, 3.63) is 46.7 Å². The summed E-state index contributed by atoms with van der Waals surface area (Å²) in [6.07, 6.45) is 2.28. The normalized spacial score (nSPS) is 14.4. The standard InChI is InChI=1S/C19H20ClN5OS/c1-19(2,3)25-15(10-14(24-25)11-8-9-11)16(26)21-18-23-22-17(27-18)12-6-4-5-7-13(12)20/h4-7,10-11H,8-9H2,1-3H3,(H,21,23,26). The number of hydrogen-bond acceptors (Lipinski definition) is 5. The second-order valence-corrected chi connectivity index (χ2v) is 9.04. The molecule has 140 valence electrons. The Labute approximate surface area is 166 Å². The third-order valence-corrected chi connectivity index (χ3v) is 5.54. The summed E-state index contributed by atoms with van der Waals surface area (Å²) in [5.74, 6) is 0.250. The van der Waals surface area contributed by atoms with Gasteiger partial charge >= 0.3 is 0 Å². The lowest BCUT2D eigenvalue weighted by Gasteiger charge is -2.21. The van der Waals surface area contributed by atoms with Gasteiger partial charge in [-0.1, -0.05) is 41.1 Å². The van der Waals surface area contributed by atoms with E-state index in [9.17, 15) is 4.79 Å². The van der Waals surface area contributed by atoms with Crippen molar-refractivity contribution in [3.63, 3.8) is 0 Å². The van der Waals surface area contributed by atoms with Crippen LogP contribution >= 0.6 is 22.9 Å². The zero-order chi connectivity index (χ0) is 19.2. The largest absolute Gasteiger partial charge is 0.295 e. The van der Waals surface area contributed by atoms with E-state index in [1.807, 2.05) is 45.0 Å². The van der Waals surface area contributed by atoms with E-state index in [4.69, 9.17) is 11.6 Å². The molecule has 6 nitrogen and oxygen atoms in total. The minimum atomic E-state index is -0.288. The number of nitrogens with zero attached hydrogens (tertiary/aromatic N) is 4. The van der Waals surface area contributed by atoms with Crippen LogP contribution in [0.3, 0.4) is 0 Å². The molecule has 0 aliphatic heterocycles. The number of aromatic nitrogens is 4. The average Bonchev–Trinajstić information content (AvgIpc) is 3.17. The van der Waals surface area contributed by atoms with E-state index in [2.05, 4.69) is 20.6 Å². The van der Waals surface area contributed by atoms with Gasteiger partial charge < -0.3 is 0 Å². The smallest absolute Gasteiger partial charge is 0.275 e. The van der Waals surface area contributed by atoms with Gasteiger partial charge in [-0.2, -0.15) is 5.10 Å². The SMILES string of the molecule is CC(C)(C)n1nc(C2CC2)cc1C(=O)Nc1nnc(-c2ccccc2Cl)s1. The van der Waals surface area contributed by atoms with Crippen molar-refractivity contribution in [2.75, 3.05) is 5.32 Å². The molecule has 0 radical (unpaired) electrons. The van der Waals surface area contributed by atoms with E-state index in [0.717, 1.165) is 24.1 Å². The highest BCUT2D eigenvalue weighted by Crippen LogP contribution is 2.40. The van der Waals surface area contributed by atoms with Crippen LogP contribution in [0.1, 0.15) is 55.7 Å². The first-order valence-corrected chi connectivity index (χ1v) is 10.0. The molecular formula is C19H20ClN5OS. The molecule has 1 fully saturated rings. The molecule has 0 unspecified atom stereocenters. The summed E-state index contributed by atoms with van der Waals surface area (Å²) in [7, 11) is 0. The van der Waals surface area contributed by atoms with Gasteiger partial charge in [-0.05, 0) is 45.7 Å². The number of hydrogen-bond donors (Lipinski definition) is 1. The molecule has 0 saturated heterocycles. The van der Waals surface area contributed by atoms with E-state index < -0.39 is 0 Å². The lowest BCUT2D eigenvalue weighted by atomic mass is 10.1. The summed E-state index contributed by atoms with van der Waals surface area (Å²) in [5, 5.41) is 17.5. The van der Waals surface area contributed by atoms with Crippen molar-refractivity contribution in [1.82, 2.24) is 20.0 Å². The molecule has 1 aromatic carbocycles. The highest BCUT2D eigenvalue weighted by atomic mass is 35.5. The Hall–Kier alpha value is -2.25. The van der Waals surface area contributed by atoms with Gasteiger partial charge in [-0.25, -0.2) is 0 Å². The molecule has 3 aromatic rings. The van der Waals surface area contributed by atoms with Crippen molar-refractivity contribution in [2.24, 2.45) is 0 Å². The third-order valence-electron chi connectivity index (χ3n) is 4.34. The predicted octanol–water partition coefficient (Wildman–Crippen LogP) is 4.94. The van der Waals surface area contributed by atoms with Gasteiger partial charge in [0.15, 0.2) is 5.01 Å². The Morgan fingerprint density at radius 1 is 1.26 bits per heavy atom. The molecule has 0 spiro atoms. The second kappa shape index (κ2) is 6.73. The van der Waals surface area contributed by atoms with Crippen molar-refractivity contribution >= 4 is 34.0 Å². The zero-order valence-electron chi connectivity index (χ0n) is 15.4. The highest BCUT2D eigenvalue weighted by molar-refractivity contribution is 7.18. The number of anilines is 1. The molecule has 0 bridgehead atoms. The number of rotatable bonds is 4. The molecule has 27 heavy (non-hydrogen) atoms.